The minimum Gasteiger partial charge on any atom is -0.355 e. The van der Waals surface area contributed by atoms with E-state index >= 15 is 0 Å². The lowest BCUT2D eigenvalue weighted by molar-refractivity contribution is -0.129. The molecular formula is C18H25N3O2S2. The van der Waals surface area contributed by atoms with Crippen molar-refractivity contribution >= 4 is 29.0 Å². The molecule has 0 spiro atoms. The van der Waals surface area contributed by atoms with Gasteiger partial charge in [0.05, 0.1) is 16.3 Å². The lowest BCUT2D eigenvalue weighted by Gasteiger charge is -2.32. The molecule has 7 heteroatoms. The molecule has 0 atom stereocenters. The molecule has 0 saturated carbocycles. The van der Waals surface area contributed by atoms with Crippen LogP contribution in [0.25, 0.3) is 10.6 Å². The molecule has 1 N–H and O–H groups in total. The Bertz CT molecular complexity index is 649. The summed E-state index contributed by atoms with van der Waals surface area (Å²) in [5.41, 5.74) is 0.895. The number of carbonyl (C=O) groups is 1. The zero-order chi connectivity index (χ0) is 17.5. The minimum absolute atomic E-state index is 0.249. The number of thioether (sulfide) groups is 1. The Morgan fingerprint density at radius 3 is 3.04 bits per heavy atom. The molecule has 0 unspecified atom stereocenters. The summed E-state index contributed by atoms with van der Waals surface area (Å²) in [6, 6.07) is 5.99. The van der Waals surface area contributed by atoms with Crippen LogP contribution in [-0.2, 0) is 10.5 Å². The molecule has 25 heavy (non-hydrogen) atoms. The van der Waals surface area contributed by atoms with Crippen molar-refractivity contribution in [1.29, 1.82) is 0 Å². The summed E-state index contributed by atoms with van der Waals surface area (Å²) in [4.78, 5) is 15.5. The average Bonchev–Trinajstić information content (AvgIpc) is 3.31. The molecule has 1 saturated heterocycles. The standard InChI is InChI=1S/C18H25N3O2S2/c1-19-7-4-14-5-8-21(9-6-14)18(22)13-24-12-15-11-16(23-20-15)17-3-2-10-25-17/h2-3,10-11,14,19H,4-9,12-13H2,1H3. The number of thiophene rings is 1. The van der Waals surface area contributed by atoms with Gasteiger partial charge < -0.3 is 14.7 Å². The van der Waals surface area contributed by atoms with E-state index in [0.717, 1.165) is 54.7 Å². The maximum atomic E-state index is 12.4. The third kappa shape index (κ3) is 5.33. The molecule has 1 aliphatic heterocycles. The van der Waals surface area contributed by atoms with E-state index in [0.29, 0.717) is 11.5 Å². The number of piperidine rings is 1. The van der Waals surface area contributed by atoms with Gasteiger partial charge in [0, 0.05) is 24.9 Å². The van der Waals surface area contributed by atoms with Gasteiger partial charge in [-0.05, 0) is 50.2 Å². The number of amides is 1. The SMILES string of the molecule is CNCCC1CCN(C(=O)CSCc2cc(-c3cccs3)on2)CC1. The molecule has 3 heterocycles. The zero-order valence-corrected chi connectivity index (χ0v) is 16.2. The van der Waals surface area contributed by atoms with Gasteiger partial charge in [-0.1, -0.05) is 11.2 Å². The van der Waals surface area contributed by atoms with Crippen LogP contribution >= 0.6 is 23.1 Å². The van der Waals surface area contributed by atoms with E-state index in [1.165, 1.54) is 6.42 Å². The minimum atomic E-state index is 0.249. The second kappa shape index (κ2) is 9.40. The number of aromatic nitrogens is 1. The maximum Gasteiger partial charge on any atom is 0.232 e. The third-order valence-corrected chi connectivity index (χ3v) is 6.40. The van der Waals surface area contributed by atoms with E-state index in [1.54, 1.807) is 23.1 Å². The summed E-state index contributed by atoms with van der Waals surface area (Å²) in [6.07, 6.45) is 3.48. The Labute approximate surface area is 157 Å². The van der Waals surface area contributed by atoms with Crippen molar-refractivity contribution in [3.8, 4) is 10.6 Å². The molecule has 5 nitrogen and oxygen atoms in total. The van der Waals surface area contributed by atoms with Crippen molar-refractivity contribution in [3.63, 3.8) is 0 Å². The first-order chi connectivity index (χ1) is 12.3. The fraction of sp³-hybridized carbons (Fsp3) is 0.556. The van der Waals surface area contributed by atoms with Gasteiger partial charge >= 0.3 is 0 Å². The summed E-state index contributed by atoms with van der Waals surface area (Å²) in [6.45, 7) is 2.88. The van der Waals surface area contributed by atoms with E-state index in [-0.39, 0.29) is 5.91 Å². The lowest BCUT2D eigenvalue weighted by Crippen LogP contribution is -2.39. The van der Waals surface area contributed by atoms with Crippen molar-refractivity contribution < 1.29 is 9.32 Å². The number of nitrogens with one attached hydrogen (secondary N) is 1. The monoisotopic (exact) mass is 379 g/mol. The fourth-order valence-corrected chi connectivity index (χ4v) is 4.55. The zero-order valence-electron chi connectivity index (χ0n) is 14.6. The van der Waals surface area contributed by atoms with Crippen molar-refractivity contribution in [2.75, 3.05) is 32.4 Å². The first kappa shape index (κ1) is 18.5. The predicted molar refractivity (Wildman–Crippen MR) is 104 cm³/mol. The van der Waals surface area contributed by atoms with E-state index in [4.69, 9.17) is 4.52 Å². The van der Waals surface area contributed by atoms with Crippen LogP contribution in [0.2, 0.25) is 0 Å². The van der Waals surface area contributed by atoms with Crippen LogP contribution in [0.4, 0.5) is 0 Å². The molecule has 0 aliphatic carbocycles. The summed E-state index contributed by atoms with van der Waals surface area (Å²) < 4.78 is 5.37. The van der Waals surface area contributed by atoms with E-state index in [1.807, 2.05) is 35.5 Å². The number of rotatable bonds is 8. The number of nitrogens with zero attached hydrogens (tertiary/aromatic N) is 2. The Morgan fingerprint density at radius 2 is 2.32 bits per heavy atom. The van der Waals surface area contributed by atoms with E-state index in [9.17, 15) is 4.79 Å². The summed E-state index contributed by atoms with van der Waals surface area (Å²) in [5, 5.41) is 9.33. The van der Waals surface area contributed by atoms with Gasteiger partial charge in [0.15, 0.2) is 5.76 Å². The molecule has 136 valence electrons. The molecule has 0 bridgehead atoms. The highest BCUT2D eigenvalue weighted by Gasteiger charge is 2.22. The molecule has 1 amide bonds. The normalized spacial score (nSPS) is 15.6. The van der Waals surface area contributed by atoms with Gasteiger partial charge in [-0.25, -0.2) is 0 Å². The van der Waals surface area contributed by atoms with Crippen LogP contribution in [0.3, 0.4) is 0 Å². The molecule has 3 rings (SSSR count). The molecular weight excluding hydrogens is 354 g/mol. The van der Waals surface area contributed by atoms with Gasteiger partial charge in [-0.2, -0.15) is 0 Å². The van der Waals surface area contributed by atoms with E-state index < -0.39 is 0 Å². The molecule has 0 radical (unpaired) electrons. The first-order valence-corrected chi connectivity index (χ1v) is 10.8. The maximum absolute atomic E-state index is 12.4. The van der Waals surface area contributed by atoms with Crippen molar-refractivity contribution in [2.45, 2.75) is 25.0 Å². The third-order valence-electron chi connectivity index (χ3n) is 4.57. The van der Waals surface area contributed by atoms with Crippen LogP contribution in [0.5, 0.6) is 0 Å². The molecule has 1 fully saturated rings. The number of likely N-dealkylation sites (tertiary alicyclic amines) is 1. The van der Waals surface area contributed by atoms with Crippen molar-refractivity contribution in [1.82, 2.24) is 15.4 Å². The van der Waals surface area contributed by atoms with Crippen molar-refractivity contribution in [3.05, 3.63) is 29.3 Å². The van der Waals surface area contributed by atoms with Crippen LogP contribution in [0, 0.1) is 5.92 Å². The molecule has 2 aromatic heterocycles. The fourth-order valence-electron chi connectivity index (χ4n) is 3.07. The quantitative estimate of drug-likeness (QED) is 0.761. The average molecular weight is 380 g/mol. The molecule has 2 aromatic rings. The lowest BCUT2D eigenvalue weighted by atomic mass is 9.93. The Morgan fingerprint density at radius 1 is 1.48 bits per heavy atom. The van der Waals surface area contributed by atoms with Crippen LogP contribution in [0.15, 0.2) is 28.1 Å². The first-order valence-electron chi connectivity index (χ1n) is 8.76. The van der Waals surface area contributed by atoms with Crippen LogP contribution in [-0.4, -0.2) is 48.4 Å². The van der Waals surface area contributed by atoms with E-state index in [2.05, 4.69) is 10.5 Å². The Balaban J connectivity index is 1.37. The van der Waals surface area contributed by atoms with Gasteiger partial charge in [-0.15, -0.1) is 23.1 Å². The second-order valence-electron chi connectivity index (χ2n) is 6.37. The molecule has 0 aromatic carbocycles. The summed E-state index contributed by atoms with van der Waals surface area (Å²) in [7, 11) is 1.99. The number of hydrogen-bond donors (Lipinski definition) is 1. The van der Waals surface area contributed by atoms with Gasteiger partial charge in [0.25, 0.3) is 0 Å². The highest BCUT2D eigenvalue weighted by Crippen LogP contribution is 2.26. The van der Waals surface area contributed by atoms with Gasteiger partial charge in [-0.3, -0.25) is 4.79 Å². The second-order valence-corrected chi connectivity index (χ2v) is 8.30. The largest absolute Gasteiger partial charge is 0.355 e. The topological polar surface area (TPSA) is 58.4 Å². The summed E-state index contributed by atoms with van der Waals surface area (Å²) >= 11 is 3.25. The number of carbonyl (C=O) groups excluding carboxylic acids is 1. The predicted octanol–water partition coefficient (Wildman–Crippen LogP) is 3.48. The smallest absolute Gasteiger partial charge is 0.232 e. The number of hydrogen-bond acceptors (Lipinski definition) is 6. The summed E-state index contributed by atoms with van der Waals surface area (Å²) in [5.74, 6) is 3.04. The highest BCUT2D eigenvalue weighted by molar-refractivity contribution is 7.99. The van der Waals surface area contributed by atoms with Crippen LogP contribution < -0.4 is 5.32 Å². The molecule has 1 aliphatic rings. The van der Waals surface area contributed by atoms with Crippen LogP contribution in [0.1, 0.15) is 25.0 Å². The Hall–Kier alpha value is -1.31. The van der Waals surface area contributed by atoms with Crippen molar-refractivity contribution in [2.24, 2.45) is 5.92 Å². The highest BCUT2D eigenvalue weighted by atomic mass is 32.2. The van der Waals surface area contributed by atoms with Gasteiger partial charge in [0.2, 0.25) is 5.91 Å². The Kier molecular flexibility index (Phi) is 6.95. The van der Waals surface area contributed by atoms with Gasteiger partial charge in [0.1, 0.15) is 0 Å².